The highest BCUT2D eigenvalue weighted by Gasteiger charge is 2.16. The molecule has 1 fully saturated rings. The molecule has 0 atom stereocenters. The van der Waals surface area contributed by atoms with Gasteiger partial charge in [0, 0.05) is 30.6 Å². The Morgan fingerprint density at radius 2 is 2.04 bits per heavy atom. The Kier molecular flexibility index (Phi) is 10.9. The second-order valence-electron chi connectivity index (χ2n) is 6.05. The Labute approximate surface area is 172 Å². The van der Waals surface area contributed by atoms with Crippen molar-refractivity contribution in [1.82, 2.24) is 16.0 Å². The van der Waals surface area contributed by atoms with Gasteiger partial charge in [0.1, 0.15) is 0 Å². The van der Waals surface area contributed by atoms with Crippen molar-refractivity contribution in [3.05, 3.63) is 34.9 Å². The largest absolute Gasteiger partial charge is 0.357 e. The molecule has 2 rings (SSSR count). The fraction of sp³-hybridized carbons (Fsp3) is 0.556. The van der Waals surface area contributed by atoms with E-state index in [-0.39, 0.29) is 29.9 Å². The van der Waals surface area contributed by atoms with Crippen molar-refractivity contribution in [2.24, 2.45) is 4.99 Å². The Bertz CT molecular complexity index is 562. The number of rotatable bonds is 7. The zero-order chi connectivity index (χ0) is 17.2. The summed E-state index contributed by atoms with van der Waals surface area (Å²) in [5.41, 5.74) is 1.05. The molecule has 0 radical (unpaired) electrons. The first-order valence-electron chi connectivity index (χ1n) is 8.73. The van der Waals surface area contributed by atoms with Crippen molar-refractivity contribution in [2.45, 2.75) is 51.6 Å². The first kappa shape index (κ1) is 22.0. The summed E-state index contributed by atoms with van der Waals surface area (Å²) in [6.07, 6.45) is 5.14. The average Bonchev–Trinajstić information content (AvgIpc) is 3.05. The second-order valence-corrected chi connectivity index (χ2v) is 6.49. The molecule has 3 N–H and O–H groups in total. The van der Waals surface area contributed by atoms with Crippen LogP contribution in [0.25, 0.3) is 0 Å². The summed E-state index contributed by atoms with van der Waals surface area (Å²) in [7, 11) is 0. The van der Waals surface area contributed by atoms with E-state index in [1.54, 1.807) is 0 Å². The van der Waals surface area contributed by atoms with Gasteiger partial charge in [0.15, 0.2) is 5.96 Å². The van der Waals surface area contributed by atoms with E-state index >= 15 is 0 Å². The third-order valence-electron chi connectivity index (χ3n) is 4.02. The molecule has 1 aromatic rings. The lowest BCUT2D eigenvalue weighted by atomic mass is 10.2. The van der Waals surface area contributed by atoms with Crippen LogP contribution in [0.5, 0.6) is 0 Å². The lowest BCUT2D eigenvalue weighted by Crippen LogP contribution is -2.40. The molecule has 0 aliphatic heterocycles. The van der Waals surface area contributed by atoms with Crippen LogP contribution in [0, 0.1) is 0 Å². The first-order chi connectivity index (χ1) is 11.7. The predicted molar refractivity (Wildman–Crippen MR) is 115 cm³/mol. The smallest absolute Gasteiger partial charge is 0.221 e. The number of amides is 1. The fourth-order valence-corrected chi connectivity index (χ4v) is 3.02. The van der Waals surface area contributed by atoms with Gasteiger partial charge in [0.25, 0.3) is 0 Å². The number of nitrogens with one attached hydrogen (secondary N) is 3. The SMILES string of the molecule is CCNC(=NCc1cccc(Cl)c1)NCCC(=O)NC1CCCC1.I. The van der Waals surface area contributed by atoms with E-state index in [0.29, 0.717) is 36.5 Å². The predicted octanol–water partition coefficient (Wildman–Crippen LogP) is 3.46. The lowest BCUT2D eigenvalue weighted by molar-refractivity contribution is -0.121. The number of carbonyl (C=O) groups excluding carboxylic acids is 1. The molecule has 25 heavy (non-hydrogen) atoms. The molecule has 0 aromatic heterocycles. The number of hydrogen-bond acceptors (Lipinski definition) is 2. The van der Waals surface area contributed by atoms with E-state index in [1.165, 1.54) is 12.8 Å². The van der Waals surface area contributed by atoms with Crippen molar-refractivity contribution < 1.29 is 4.79 Å². The zero-order valence-electron chi connectivity index (χ0n) is 14.7. The van der Waals surface area contributed by atoms with Crippen LogP contribution in [0.4, 0.5) is 0 Å². The number of carbonyl (C=O) groups is 1. The summed E-state index contributed by atoms with van der Waals surface area (Å²) in [5, 5.41) is 10.2. The molecule has 7 heteroatoms. The first-order valence-corrected chi connectivity index (χ1v) is 9.11. The number of guanidine groups is 1. The molecule has 1 amide bonds. The molecule has 0 saturated heterocycles. The highest BCUT2D eigenvalue weighted by atomic mass is 127. The summed E-state index contributed by atoms with van der Waals surface area (Å²) < 4.78 is 0. The number of halogens is 2. The molecular weight excluding hydrogens is 451 g/mol. The van der Waals surface area contributed by atoms with Crippen LogP contribution < -0.4 is 16.0 Å². The van der Waals surface area contributed by atoms with Gasteiger partial charge in [0.2, 0.25) is 5.91 Å². The van der Waals surface area contributed by atoms with Crippen LogP contribution in [0.3, 0.4) is 0 Å². The maximum absolute atomic E-state index is 11.9. The molecule has 0 bridgehead atoms. The topological polar surface area (TPSA) is 65.5 Å². The normalized spacial score (nSPS) is 14.7. The van der Waals surface area contributed by atoms with Gasteiger partial charge >= 0.3 is 0 Å². The number of benzene rings is 1. The van der Waals surface area contributed by atoms with Crippen molar-refractivity contribution in [3.63, 3.8) is 0 Å². The lowest BCUT2D eigenvalue weighted by Gasteiger charge is -2.14. The van der Waals surface area contributed by atoms with Crippen LogP contribution in [-0.4, -0.2) is 31.0 Å². The minimum absolute atomic E-state index is 0. The maximum Gasteiger partial charge on any atom is 0.221 e. The van der Waals surface area contributed by atoms with Gasteiger partial charge in [-0.25, -0.2) is 4.99 Å². The Hall–Kier alpha value is -1.02. The van der Waals surface area contributed by atoms with Crippen LogP contribution in [-0.2, 0) is 11.3 Å². The van der Waals surface area contributed by atoms with Crippen molar-refractivity contribution in [3.8, 4) is 0 Å². The summed E-state index contributed by atoms with van der Waals surface area (Å²) in [4.78, 5) is 16.5. The van der Waals surface area contributed by atoms with E-state index in [9.17, 15) is 4.79 Å². The van der Waals surface area contributed by atoms with Crippen LogP contribution in [0.2, 0.25) is 5.02 Å². The molecule has 1 aromatic carbocycles. The molecule has 0 spiro atoms. The van der Waals surface area contributed by atoms with E-state index in [4.69, 9.17) is 11.6 Å². The van der Waals surface area contributed by atoms with Crippen molar-refractivity contribution in [2.75, 3.05) is 13.1 Å². The molecule has 140 valence electrons. The molecule has 1 aliphatic rings. The van der Waals surface area contributed by atoms with Gasteiger partial charge < -0.3 is 16.0 Å². The fourth-order valence-electron chi connectivity index (χ4n) is 2.81. The van der Waals surface area contributed by atoms with Gasteiger partial charge in [-0.05, 0) is 37.5 Å². The molecule has 5 nitrogen and oxygen atoms in total. The monoisotopic (exact) mass is 478 g/mol. The molecule has 1 saturated carbocycles. The van der Waals surface area contributed by atoms with E-state index in [2.05, 4.69) is 20.9 Å². The van der Waals surface area contributed by atoms with Crippen LogP contribution >= 0.6 is 35.6 Å². The van der Waals surface area contributed by atoms with Crippen LogP contribution in [0.15, 0.2) is 29.3 Å². The minimum Gasteiger partial charge on any atom is -0.357 e. The van der Waals surface area contributed by atoms with E-state index < -0.39 is 0 Å². The summed E-state index contributed by atoms with van der Waals surface area (Å²) in [5.74, 6) is 0.825. The quantitative estimate of drug-likeness (QED) is 0.319. The Morgan fingerprint density at radius 3 is 2.72 bits per heavy atom. The van der Waals surface area contributed by atoms with Crippen molar-refractivity contribution in [1.29, 1.82) is 0 Å². The van der Waals surface area contributed by atoms with Gasteiger partial charge in [-0.15, -0.1) is 24.0 Å². The van der Waals surface area contributed by atoms with E-state index in [1.807, 2.05) is 31.2 Å². The maximum atomic E-state index is 11.9. The standard InChI is InChI=1S/C18H27ClN4O.HI/c1-2-20-18(22-13-14-6-5-7-15(19)12-14)21-11-10-17(24)23-16-8-3-4-9-16;/h5-7,12,16H,2-4,8-11,13H2,1H3,(H,23,24)(H2,20,21,22);1H. The highest BCUT2D eigenvalue weighted by molar-refractivity contribution is 14.0. The zero-order valence-corrected chi connectivity index (χ0v) is 17.8. The molecule has 0 heterocycles. The third-order valence-corrected chi connectivity index (χ3v) is 4.25. The van der Waals surface area contributed by atoms with Gasteiger partial charge in [-0.3, -0.25) is 4.79 Å². The number of hydrogen-bond donors (Lipinski definition) is 3. The molecule has 0 unspecified atom stereocenters. The third kappa shape index (κ3) is 8.76. The highest BCUT2D eigenvalue weighted by Crippen LogP contribution is 2.17. The van der Waals surface area contributed by atoms with Gasteiger partial charge in [-0.2, -0.15) is 0 Å². The average molecular weight is 479 g/mol. The summed E-state index contributed by atoms with van der Waals surface area (Å²) in [6.45, 7) is 3.91. The number of aliphatic imine (C=N–C) groups is 1. The Morgan fingerprint density at radius 1 is 1.28 bits per heavy atom. The van der Waals surface area contributed by atoms with Crippen molar-refractivity contribution >= 4 is 47.4 Å². The molecule has 1 aliphatic carbocycles. The van der Waals surface area contributed by atoms with Crippen LogP contribution in [0.1, 0.15) is 44.6 Å². The second kappa shape index (κ2) is 12.4. The minimum atomic E-state index is 0. The molecular formula is C18H28ClIN4O. The number of nitrogens with zero attached hydrogens (tertiary/aromatic N) is 1. The van der Waals surface area contributed by atoms with Gasteiger partial charge in [-0.1, -0.05) is 36.6 Å². The van der Waals surface area contributed by atoms with Gasteiger partial charge in [0.05, 0.1) is 6.54 Å². The Balaban J connectivity index is 0.00000312. The van der Waals surface area contributed by atoms with E-state index in [0.717, 1.165) is 24.9 Å². The summed E-state index contributed by atoms with van der Waals surface area (Å²) >= 11 is 5.99. The summed E-state index contributed by atoms with van der Waals surface area (Å²) in [6, 6.07) is 8.04.